The summed E-state index contributed by atoms with van der Waals surface area (Å²) in [6.45, 7) is 8.38. The fraction of sp³-hybridized carbons (Fsp3) is 0.250. The molecule has 2 aromatic carbocycles. The Hall–Kier alpha value is -3.14. The third-order valence-electron chi connectivity index (χ3n) is 5.15. The minimum atomic E-state index is -0.133. The number of aliphatic imine (C=N–C) groups is 1. The first-order valence-corrected chi connectivity index (χ1v) is 9.69. The largest absolute Gasteiger partial charge is 0.270 e. The molecule has 0 fully saturated rings. The van der Waals surface area contributed by atoms with Crippen LogP contribution in [-0.2, 0) is 0 Å². The summed E-state index contributed by atoms with van der Waals surface area (Å²) in [5.74, 6) is 0.428. The first kappa shape index (κ1) is 19.6. The maximum Gasteiger partial charge on any atom is 0.270 e. The van der Waals surface area contributed by atoms with Crippen LogP contribution in [-0.4, -0.2) is 16.8 Å². The number of rotatable bonds is 6. The van der Waals surface area contributed by atoms with Crippen LogP contribution in [0.5, 0.6) is 0 Å². The highest BCUT2D eigenvalue weighted by atomic mass is 16.2. The van der Waals surface area contributed by atoms with E-state index in [4.69, 9.17) is 0 Å². The van der Waals surface area contributed by atoms with Gasteiger partial charge in [0.15, 0.2) is 0 Å². The van der Waals surface area contributed by atoms with Crippen LogP contribution < -0.4 is 5.43 Å². The van der Waals surface area contributed by atoms with Gasteiger partial charge in [-0.2, -0.15) is 0 Å². The maximum absolute atomic E-state index is 12.5. The summed E-state index contributed by atoms with van der Waals surface area (Å²) in [5, 5.41) is 0. The number of nitrogens with one attached hydrogen (secondary N) is 1. The molecule has 1 atom stereocenters. The lowest BCUT2D eigenvalue weighted by atomic mass is 9.99. The number of aromatic nitrogens is 1. The number of benzene rings is 2. The molecule has 0 aliphatic rings. The third kappa shape index (κ3) is 4.39. The highest BCUT2D eigenvalue weighted by Gasteiger charge is 2.11. The first-order chi connectivity index (χ1) is 13.5. The summed E-state index contributed by atoms with van der Waals surface area (Å²) in [7, 11) is 0. The highest BCUT2D eigenvalue weighted by Crippen LogP contribution is 2.22. The minimum Gasteiger partial charge on any atom is -0.267 e. The van der Waals surface area contributed by atoms with E-state index in [9.17, 15) is 4.79 Å². The zero-order valence-corrected chi connectivity index (χ0v) is 16.9. The van der Waals surface area contributed by atoms with Crippen LogP contribution in [0.15, 0.2) is 65.7 Å². The standard InChI is InChI=1S/C24H27N3O/c1-5-17(2)20-11-13-23(14-12-20)25-16-22-15-18(3)27(19(22)4)26-24(28)21-9-7-6-8-10-21/h6-17H,5H2,1-4H3,(H,26,28)/t17-/m1/s1. The van der Waals surface area contributed by atoms with Gasteiger partial charge < -0.3 is 0 Å². The first-order valence-electron chi connectivity index (χ1n) is 9.69. The van der Waals surface area contributed by atoms with Crippen LogP contribution in [0, 0.1) is 13.8 Å². The van der Waals surface area contributed by atoms with E-state index in [1.165, 1.54) is 5.56 Å². The number of aryl methyl sites for hydroxylation is 1. The van der Waals surface area contributed by atoms with E-state index in [1.54, 1.807) is 12.1 Å². The van der Waals surface area contributed by atoms with Gasteiger partial charge in [-0.25, -0.2) is 0 Å². The molecule has 0 saturated heterocycles. The molecule has 1 aromatic heterocycles. The number of carbonyl (C=O) groups is 1. The number of carbonyl (C=O) groups excluding carboxylic acids is 1. The van der Waals surface area contributed by atoms with Crippen molar-refractivity contribution in [3.05, 3.63) is 88.7 Å². The van der Waals surface area contributed by atoms with Gasteiger partial charge in [0, 0.05) is 28.7 Å². The average Bonchev–Trinajstić information content (AvgIpc) is 3.00. The normalized spacial score (nSPS) is 12.3. The Morgan fingerprint density at radius 1 is 1.11 bits per heavy atom. The molecule has 3 aromatic rings. The van der Waals surface area contributed by atoms with Crippen molar-refractivity contribution in [3.63, 3.8) is 0 Å². The second-order valence-corrected chi connectivity index (χ2v) is 7.13. The molecular weight excluding hydrogens is 346 g/mol. The van der Waals surface area contributed by atoms with Gasteiger partial charge in [-0.1, -0.05) is 44.2 Å². The molecule has 0 bridgehead atoms. The van der Waals surface area contributed by atoms with Gasteiger partial charge in [-0.05, 0) is 62.1 Å². The lowest BCUT2D eigenvalue weighted by molar-refractivity contribution is 0.101. The summed E-state index contributed by atoms with van der Waals surface area (Å²) in [6.07, 6.45) is 2.98. The molecule has 4 heteroatoms. The fourth-order valence-electron chi connectivity index (χ4n) is 3.11. The molecule has 0 radical (unpaired) electrons. The van der Waals surface area contributed by atoms with E-state index in [1.807, 2.05) is 61.1 Å². The molecule has 0 spiro atoms. The summed E-state index contributed by atoms with van der Waals surface area (Å²) < 4.78 is 1.81. The van der Waals surface area contributed by atoms with Crippen LogP contribution in [0.4, 0.5) is 5.69 Å². The quantitative estimate of drug-likeness (QED) is 0.549. The van der Waals surface area contributed by atoms with E-state index in [0.29, 0.717) is 11.5 Å². The SMILES string of the molecule is CC[C@@H](C)c1ccc(N=Cc2cc(C)n(NC(=O)c3ccccc3)c2C)cc1. The van der Waals surface area contributed by atoms with Crippen molar-refractivity contribution in [2.24, 2.45) is 4.99 Å². The molecule has 4 nitrogen and oxygen atoms in total. The number of hydrogen-bond donors (Lipinski definition) is 1. The monoisotopic (exact) mass is 373 g/mol. The van der Waals surface area contributed by atoms with E-state index in [0.717, 1.165) is 29.1 Å². The zero-order chi connectivity index (χ0) is 20.1. The van der Waals surface area contributed by atoms with Crippen molar-refractivity contribution < 1.29 is 4.79 Å². The molecule has 0 aliphatic heterocycles. The van der Waals surface area contributed by atoms with Crippen molar-refractivity contribution >= 4 is 17.8 Å². The fourth-order valence-corrected chi connectivity index (χ4v) is 3.11. The molecule has 1 N–H and O–H groups in total. The Morgan fingerprint density at radius 3 is 2.43 bits per heavy atom. The van der Waals surface area contributed by atoms with Crippen LogP contribution in [0.3, 0.4) is 0 Å². The Morgan fingerprint density at radius 2 is 1.79 bits per heavy atom. The predicted octanol–water partition coefficient (Wildman–Crippen LogP) is 5.75. The number of amides is 1. The summed E-state index contributed by atoms with van der Waals surface area (Å²) in [6, 6.07) is 19.6. The lowest BCUT2D eigenvalue weighted by Crippen LogP contribution is -2.24. The average molecular weight is 374 g/mol. The van der Waals surface area contributed by atoms with Crippen molar-refractivity contribution in [2.75, 3.05) is 5.43 Å². The molecule has 3 rings (SSSR count). The summed E-state index contributed by atoms with van der Waals surface area (Å²) in [4.78, 5) is 17.1. The Balaban J connectivity index is 1.76. The summed E-state index contributed by atoms with van der Waals surface area (Å²) >= 11 is 0. The second-order valence-electron chi connectivity index (χ2n) is 7.13. The Kier molecular flexibility index (Phi) is 6.09. The van der Waals surface area contributed by atoms with E-state index in [-0.39, 0.29) is 5.91 Å². The van der Waals surface area contributed by atoms with Gasteiger partial charge >= 0.3 is 0 Å². The van der Waals surface area contributed by atoms with Gasteiger partial charge in [0.1, 0.15) is 0 Å². The molecule has 0 aliphatic carbocycles. The van der Waals surface area contributed by atoms with Gasteiger partial charge in [-0.3, -0.25) is 19.9 Å². The van der Waals surface area contributed by atoms with Gasteiger partial charge in [-0.15, -0.1) is 0 Å². The molecule has 1 heterocycles. The van der Waals surface area contributed by atoms with E-state index >= 15 is 0 Å². The van der Waals surface area contributed by atoms with E-state index in [2.05, 4.69) is 36.4 Å². The lowest BCUT2D eigenvalue weighted by Gasteiger charge is -2.11. The topological polar surface area (TPSA) is 46.4 Å². The van der Waals surface area contributed by atoms with E-state index < -0.39 is 0 Å². The minimum absolute atomic E-state index is 0.133. The molecule has 0 saturated carbocycles. The van der Waals surface area contributed by atoms with Gasteiger partial charge in [0.05, 0.1) is 5.69 Å². The molecule has 28 heavy (non-hydrogen) atoms. The Bertz CT molecular complexity index is 969. The van der Waals surface area contributed by atoms with Crippen molar-refractivity contribution in [1.29, 1.82) is 0 Å². The zero-order valence-electron chi connectivity index (χ0n) is 16.9. The van der Waals surface area contributed by atoms with Crippen LogP contribution in [0.25, 0.3) is 0 Å². The van der Waals surface area contributed by atoms with Crippen molar-refractivity contribution in [3.8, 4) is 0 Å². The van der Waals surface area contributed by atoms with Crippen LogP contribution in [0.2, 0.25) is 0 Å². The number of hydrogen-bond acceptors (Lipinski definition) is 2. The van der Waals surface area contributed by atoms with Crippen molar-refractivity contribution in [1.82, 2.24) is 4.68 Å². The summed E-state index contributed by atoms with van der Waals surface area (Å²) in [5.41, 5.74) is 8.73. The molecule has 0 unspecified atom stereocenters. The smallest absolute Gasteiger partial charge is 0.267 e. The van der Waals surface area contributed by atoms with Crippen LogP contribution >= 0.6 is 0 Å². The number of nitrogens with zero attached hydrogens (tertiary/aromatic N) is 2. The maximum atomic E-state index is 12.5. The van der Waals surface area contributed by atoms with Gasteiger partial charge in [0.25, 0.3) is 5.91 Å². The second kappa shape index (κ2) is 8.70. The van der Waals surface area contributed by atoms with Crippen LogP contribution in [0.1, 0.15) is 59.1 Å². The van der Waals surface area contributed by atoms with Gasteiger partial charge in [0.2, 0.25) is 0 Å². The molecule has 144 valence electrons. The predicted molar refractivity (Wildman–Crippen MR) is 116 cm³/mol. The Labute approximate surface area is 166 Å². The molecular formula is C24H27N3O. The third-order valence-corrected chi connectivity index (χ3v) is 5.15. The van der Waals surface area contributed by atoms with Crippen molar-refractivity contribution in [2.45, 2.75) is 40.0 Å². The molecule has 1 amide bonds. The highest BCUT2D eigenvalue weighted by molar-refractivity contribution is 6.00.